The lowest BCUT2D eigenvalue weighted by Crippen LogP contribution is -2.24. The van der Waals surface area contributed by atoms with Gasteiger partial charge in [0.05, 0.1) is 11.1 Å². The summed E-state index contributed by atoms with van der Waals surface area (Å²) in [4.78, 5) is 38.8. The van der Waals surface area contributed by atoms with Gasteiger partial charge in [-0.05, 0) is 17.9 Å². The number of carboxylic acid groups (broad SMARTS) is 1. The van der Waals surface area contributed by atoms with E-state index in [-0.39, 0.29) is 24.3 Å². The fourth-order valence-electron chi connectivity index (χ4n) is 1.78. The molecule has 0 aliphatic rings. The Kier molecular flexibility index (Phi) is 4.97. The number of nitrogens with zero attached hydrogens (tertiary/aromatic N) is 2. The van der Waals surface area contributed by atoms with Gasteiger partial charge in [0.15, 0.2) is 5.16 Å². The second kappa shape index (κ2) is 6.72. The molecule has 0 bridgehead atoms. The summed E-state index contributed by atoms with van der Waals surface area (Å²) in [6, 6.07) is 1.69. The third-order valence-corrected chi connectivity index (χ3v) is 4.45. The molecule has 0 unspecified atom stereocenters. The van der Waals surface area contributed by atoms with Gasteiger partial charge in [0.1, 0.15) is 4.83 Å². The van der Waals surface area contributed by atoms with Crippen molar-refractivity contribution in [2.45, 2.75) is 24.5 Å². The summed E-state index contributed by atoms with van der Waals surface area (Å²) in [7, 11) is 0. The van der Waals surface area contributed by atoms with Crippen LogP contribution in [0.3, 0.4) is 0 Å². The van der Waals surface area contributed by atoms with E-state index in [0.29, 0.717) is 21.8 Å². The molecule has 0 saturated heterocycles. The van der Waals surface area contributed by atoms with Crippen molar-refractivity contribution in [3.8, 4) is 0 Å². The van der Waals surface area contributed by atoms with Gasteiger partial charge in [0.25, 0.3) is 5.56 Å². The van der Waals surface area contributed by atoms with Crippen molar-refractivity contribution < 1.29 is 14.7 Å². The smallest absolute Gasteiger partial charge is 0.313 e. The zero-order chi connectivity index (χ0) is 15.4. The van der Waals surface area contributed by atoms with Crippen molar-refractivity contribution in [1.29, 1.82) is 0 Å². The lowest BCUT2D eigenvalue weighted by atomic mass is 10.3. The number of carbonyl (C=O) groups excluding carboxylic acids is 1. The summed E-state index contributed by atoms with van der Waals surface area (Å²) in [5, 5.41) is 11.4. The number of carboxylic acids is 1. The molecule has 0 fully saturated rings. The van der Waals surface area contributed by atoms with Crippen molar-refractivity contribution >= 4 is 45.2 Å². The van der Waals surface area contributed by atoms with Crippen LogP contribution in [0.4, 0.5) is 0 Å². The first kappa shape index (κ1) is 15.5. The SMILES string of the molecule is NC(=O)CCCn1c(SCC(=O)O)nc2sccc2c1=O. The first-order valence-electron chi connectivity index (χ1n) is 6.10. The van der Waals surface area contributed by atoms with Crippen LogP contribution in [0.5, 0.6) is 0 Å². The molecule has 21 heavy (non-hydrogen) atoms. The first-order chi connectivity index (χ1) is 9.99. The van der Waals surface area contributed by atoms with Crippen molar-refractivity contribution in [2.24, 2.45) is 5.73 Å². The first-order valence-corrected chi connectivity index (χ1v) is 7.96. The van der Waals surface area contributed by atoms with Gasteiger partial charge < -0.3 is 10.8 Å². The van der Waals surface area contributed by atoms with Crippen molar-refractivity contribution in [2.75, 3.05) is 5.75 Å². The van der Waals surface area contributed by atoms with Gasteiger partial charge in [0.2, 0.25) is 5.91 Å². The molecular weight excluding hydrogens is 314 g/mol. The van der Waals surface area contributed by atoms with E-state index in [4.69, 9.17) is 10.8 Å². The average Bonchev–Trinajstić information content (AvgIpc) is 2.87. The number of amides is 1. The Labute approximate surface area is 127 Å². The number of rotatable bonds is 7. The van der Waals surface area contributed by atoms with E-state index in [1.54, 1.807) is 11.4 Å². The number of thiophene rings is 1. The van der Waals surface area contributed by atoms with E-state index in [0.717, 1.165) is 11.8 Å². The van der Waals surface area contributed by atoms with Crippen molar-refractivity contribution in [1.82, 2.24) is 9.55 Å². The minimum Gasteiger partial charge on any atom is -0.481 e. The van der Waals surface area contributed by atoms with Crippen molar-refractivity contribution in [3.05, 3.63) is 21.8 Å². The third kappa shape index (κ3) is 3.82. The predicted octanol–water partition coefficient (Wildman–Crippen LogP) is 0.900. The maximum atomic E-state index is 12.4. The number of carbonyl (C=O) groups is 2. The molecule has 2 aromatic rings. The van der Waals surface area contributed by atoms with Gasteiger partial charge in [-0.3, -0.25) is 19.0 Å². The van der Waals surface area contributed by atoms with E-state index < -0.39 is 11.9 Å². The molecule has 0 aliphatic heterocycles. The minimum absolute atomic E-state index is 0.164. The Morgan fingerprint density at radius 2 is 2.24 bits per heavy atom. The van der Waals surface area contributed by atoms with Gasteiger partial charge in [-0.15, -0.1) is 11.3 Å². The second-order valence-electron chi connectivity index (χ2n) is 4.24. The van der Waals surface area contributed by atoms with E-state index in [1.165, 1.54) is 15.9 Å². The van der Waals surface area contributed by atoms with Gasteiger partial charge in [-0.25, -0.2) is 4.98 Å². The highest BCUT2D eigenvalue weighted by atomic mass is 32.2. The van der Waals surface area contributed by atoms with Crippen LogP contribution in [0.1, 0.15) is 12.8 Å². The molecule has 7 nitrogen and oxygen atoms in total. The Bertz CT molecular complexity index is 738. The van der Waals surface area contributed by atoms with E-state index in [2.05, 4.69) is 4.98 Å². The Morgan fingerprint density at radius 1 is 1.48 bits per heavy atom. The summed E-state index contributed by atoms with van der Waals surface area (Å²) in [6.07, 6.45) is 0.574. The molecule has 1 amide bonds. The fourth-order valence-corrected chi connectivity index (χ4v) is 3.33. The summed E-state index contributed by atoms with van der Waals surface area (Å²) >= 11 is 2.32. The van der Waals surface area contributed by atoms with Crippen LogP contribution in [0.25, 0.3) is 10.2 Å². The van der Waals surface area contributed by atoms with Gasteiger partial charge in [-0.2, -0.15) is 0 Å². The van der Waals surface area contributed by atoms with Crippen LogP contribution < -0.4 is 11.3 Å². The monoisotopic (exact) mass is 327 g/mol. The van der Waals surface area contributed by atoms with Crippen LogP contribution in [0.15, 0.2) is 21.4 Å². The number of nitrogens with two attached hydrogens (primary N) is 1. The standard InChI is InChI=1S/C12H13N3O4S2/c13-8(16)2-1-4-15-11(19)7-3-5-20-10(7)14-12(15)21-6-9(17)18/h3,5H,1-2,4,6H2,(H2,13,16)(H,17,18). The Morgan fingerprint density at radius 3 is 2.90 bits per heavy atom. The fraction of sp³-hybridized carbons (Fsp3) is 0.333. The largest absolute Gasteiger partial charge is 0.481 e. The molecule has 0 atom stereocenters. The molecule has 9 heteroatoms. The quantitative estimate of drug-likeness (QED) is 0.576. The summed E-state index contributed by atoms with van der Waals surface area (Å²) < 4.78 is 1.41. The van der Waals surface area contributed by atoms with Gasteiger partial charge in [-0.1, -0.05) is 11.8 Å². The number of hydrogen-bond donors (Lipinski definition) is 2. The number of aromatic nitrogens is 2. The topological polar surface area (TPSA) is 115 Å². The predicted molar refractivity (Wildman–Crippen MR) is 80.7 cm³/mol. The summed E-state index contributed by atoms with van der Waals surface area (Å²) in [5.74, 6) is -1.60. The van der Waals surface area contributed by atoms with Crippen LogP contribution >= 0.6 is 23.1 Å². The van der Waals surface area contributed by atoms with Gasteiger partial charge >= 0.3 is 5.97 Å². The summed E-state index contributed by atoms with van der Waals surface area (Å²) in [5.41, 5.74) is 4.86. The number of hydrogen-bond acceptors (Lipinski definition) is 6. The normalized spacial score (nSPS) is 10.9. The molecule has 0 aliphatic carbocycles. The van der Waals surface area contributed by atoms with E-state index in [1.807, 2.05) is 0 Å². The Balaban J connectivity index is 2.34. The lowest BCUT2D eigenvalue weighted by Gasteiger charge is -2.10. The van der Waals surface area contributed by atoms with Crippen LogP contribution in [0, 0.1) is 0 Å². The van der Waals surface area contributed by atoms with E-state index >= 15 is 0 Å². The molecule has 0 spiro atoms. The van der Waals surface area contributed by atoms with Gasteiger partial charge in [0, 0.05) is 13.0 Å². The second-order valence-corrected chi connectivity index (χ2v) is 6.08. The number of aliphatic carboxylic acids is 1. The average molecular weight is 327 g/mol. The molecular formula is C12H13N3O4S2. The van der Waals surface area contributed by atoms with E-state index in [9.17, 15) is 14.4 Å². The van der Waals surface area contributed by atoms with Crippen LogP contribution in [-0.2, 0) is 16.1 Å². The van der Waals surface area contributed by atoms with Crippen LogP contribution in [-0.4, -0.2) is 32.3 Å². The molecule has 0 saturated carbocycles. The molecule has 0 radical (unpaired) electrons. The number of fused-ring (bicyclic) bond motifs is 1. The zero-order valence-corrected chi connectivity index (χ0v) is 12.6. The Hall–Kier alpha value is -1.87. The number of thioether (sulfide) groups is 1. The molecule has 0 aromatic carbocycles. The molecule has 2 aromatic heterocycles. The highest BCUT2D eigenvalue weighted by molar-refractivity contribution is 7.99. The lowest BCUT2D eigenvalue weighted by molar-refractivity contribution is -0.133. The minimum atomic E-state index is -0.982. The molecule has 3 N–H and O–H groups in total. The molecule has 112 valence electrons. The van der Waals surface area contributed by atoms with Crippen LogP contribution in [0.2, 0.25) is 0 Å². The summed E-state index contributed by atoms with van der Waals surface area (Å²) in [6.45, 7) is 0.280. The highest BCUT2D eigenvalue weighted by Gasteiger charge is 2.13. The number of primary amides is 1. The maximum Gasteiger partial charge on any atom is 0.313 e. The molecule has 2 rings (SSSR count). The highest BCUT2D eigenvalue weighted by Crippen LogP contribution is 2.21. The molecule has 2 heterocycles. The zero-order valence-electron chi connectivity index (χ0n) is 10.9. The van der Waals surface area contributed by atoms with Crippen molar-refractivity contribution in [3.63, 3.8) is 0 Å². The third-order valence-electron chi connectivity index (χ3n) is 2.68. The maximum absolute atomic E-state index is 12.4.